The lowest BCUT2D eigenvalue weighted by atomic mass is 10.2. The Hall–Kier alpha value is -2.08. The molecule has 1 fully saturated rings. The third-order valence-electron chi connectivity index (χ3n) is 3.40. The molecule has 0 saturated heterocycles. The lowest BCUT2D eigenvalue weighted by Gasteiger charge is -2.17. The van der Waals surface area contributed by atoms with Gasteiger partial charge in [0.25, 0.3) is 0 Å². The van der Waals surface area contributed by atoms with E-state index < -0.39 is 0 Å². The Bertz CT molecular complexity index is 556. The average molecular weight is 305 g/mol. The summed E-state index contributed by atoms with van der Waals surface area (Å²) in [6, 6.07) is 5.93. The zero-order valence-electron chi connectivity index (χ0n) is 13.3. The van der Waals surface area contributed by atoms with Crippen molar-refractivity contribution in [2.75, 3.05) is 32.6 Å². The van der Waals surface area contributed by atoms with Crippen LogP contribution in [0, 0.1) is 6.92 Å². The van der Waals surface area contributed by atoms with Crippen molar-refractivity contribution in [2.45, 2.75) is 25.8 Å². The molecule has 1 aliphatic carbocycles. The van der Waals surface area contributed by atoms with Crippen molar-refractivity contribution in [3.8, 4) is 5.75 Å². The number of rotatable bonds is 7. The molecule has 0 heterocycles. The number of aryl methyl sites for hydroxylation is 1. The second-order valence-corrected chi connectivity index (χ2v) is 5.77. The standard InChI is InChI=1S/C16H23N3O3/c1-11-4-7-14(22-3)13(8-11)18-16(21)10-19(2)9-15(20)17-12-5-6-12/h4,7-8,12H,5-6,9-10H2,1-3H3,(H,17,20)(H,18,21). The molecule has 0 radical (unpaired) electrons. The molecule has 2 amide bonds. The summed E-state index contributed by atoms with van der Waals surface area (Å²) in [5.74, 6) is 0.407. The highest BCUT2D eigenvalue weighted by atomic mass is 16.5. The van der Waals surface area contributed by atoms with Crippen LogP contribution >= 0.6 is 0 Å². The van der Waals surface area contributed by atoms with Crippen LogP contribution in [0.2, 0.25) is 0 Å². The van der Waals surface area contributed by atoms with E-state index in [1.165, 1.54) is 0 Å². The third kappa shape index (κ3) is 5.04. The van der Waals surface area contributed by atoms with Gasteiger partial charge in [0.15, 0.2) is 0 Å². The fraction of sp³-hybridized carbons (Fsp3) is 0.500. The van der Waals surface area contributed by atoms with Gasteiger partial charge < -0.3 is 15.4 Å². The Balaban J connectivity index is 1.83. The number of nitrogens with one attached hydrogen (secondary N) is 2. The number of methoxy groups -OCH3 is 1. The van der Waals surface area contributed by atoms with E-state index >= 15 is 0 Å². The minimum Gasteiger partial charge on any atom is -0.495 e. The number of benzene rings is 1. The summed E-state index contributed by atoms with van der Waals surface area (Å²) >= 11 is 0. The van der Waals surface area contributed by atoms with Gasteiger partial charge in [-0.15, -0.1) is 0 Å². The zero-order chi connectivity index (χ0) is 16.1. The van der Waals surface area contributed by atoms with Crippen LogP contribution in [0.3, 0.4) is 0 Å². The number of ether oxygens (including phenoxy) is 1. The van der Waals surface area contributed by atoms with Gasteiger partial charge in [-0.1, -0.05) is 6.07 Å². The van der Waals surface area contributed by atoms with Crippen LogP contribution < -0.4 is 15.4 Å². The monoisotopic (exact) mass is 305 g/mol. The van der Waals surface area contributed by atoms with Gasteiger partial charge in [0.2, 0.25) is 11.8 Å². The maximum atomic E-state index is 12.1. The topological polar surface area (TPSA) is 70.7 Å². The summed E-state index contributed by atoms with van der Waals surface area (Å²) in [6.07, 6.45) is 2.12. The number of carbonyl (C=O) groups excluding carboxylic acids is 2. The summed E-state index contributed by atoms with van der Waals surface area (Å²) in [4.78, 5) is 25.5. The smallest absolute Gasteiger partial charge is 0.238 e. The average Bonchev–Trinajstić information content (AvgIpc) is 3.22. The first kappa shape index (κ1) is 16.3. The maximum absolute atomic E-state index is 12.1. The molecule has 6 heteroatoms. The Morgan fingerprint density at radius 2 is 1.95 bits per heavy atom. The molecular weight excluding hydrogens is 282 g/mol. The van der Waals surface area contributed by atoms with E-state index in [2.05, 4.69) is 10.6 Å². The minimum absolute atomic E-state index is 0.0362. The molecule has 0 spiro atoms. The van der Waals surface area contributed by atoms with E-state index in [4.69, 9.17) is 4.74 Å². The first-order chi connectivity index (χ1) is 10.5. The van der Waals surface area contributed by atoms with Gasteiger partial charge in [-0.25, -0.2) is 0 Å². The molecule has 0 aliphatic heterocycles. The SMILES string of the molecule is COc1ccc(C)cc1NC(=O)CN(C)CC(=O)NC1CC1. The van der Waals surface area contributed by atoms with Crippen LogP contribution in [-0.2, 0) is 9.59 Å². The maximum Gasteiger partial charge on any atom is 0.238 e. The van der Waals surface area contributed by atoms with Gasteiger partial charge in [-0.05, 0) is 44.5 Å². The van der Waals surface area contributed by atoms with E-state index in [0.29, 0.717) is 17.5 Å². The molecule has 0 atom stereocenters. The molecule has 0 bridgehead atoms. The highest BCUT2D eigenvalue weighted by Gasteiger charge is 2.23. The summed E-state index contributed by atoms with van der Waals surface area (Å²) in [5, 5.41) is 5.72. The normalized spacial score (nSPS) is 13.8. The van der Waals surface area contributed by atoms with Gasteiger partial charge in [0.1, 0.15) is 5.75 Å². The fourth-order valence-electron chi connectivity index (χ4n) is 2.16. The zero-order valence-corrected chi connectivity index (χ0v) is 13.3. The first-order valence-electron chi connectivity index (χ1n) is 7.40. The summed E-state index contributed by atoms with van der Waals surface area (Å²) in [7, 11) is 3.31. The van der Waals surface area contributed by atoms with Crippen LogP contribution in [0.4, 0.5) is 5.69 Å². The number of nitrogens with zero attached hydrogens (tertiary/aromatic N) is 1. The molecule has 1 aromatic rings. The molecule has 0 unspecified atom stereocenters. The highest BCUT2D eigenvalue weighted by molar-refractivity contribution is 5.94. The van der Waals surface area contributed by atoms with Gasteiger partial charge >= 0.3 is 0 Å². The third-order valence-corrected chi connectivity index (χ3v) is 3.40. The van der Waals surface area contributed by atoms with Crippen molar-refractivity contribution < 1.29 is 14.3 Å². The quantitative estimate of drug-likeness (QED) is 0.793. The van der Waals surface area contributed by atoms with Crippen LogP contribution in [0.1, 0.15) is 18.4 Å². The van der Waals surface area contributed by atoms with Crippen LogP contribution in [0.5, 0.6) is 5.75 Å². The van der Waals surface area contributed by atoms with Gasteiger partial charge in [-0.2, -0.15) is 0 Å². The van der Waals surface area contributed by atoms with E-state index in [9.17, 15) is 9.59 Å². The van der Waals surface area contributed by atoms with Crippen molar-refractivity contribution in [1.82, 2.24) is 10.2 Å². The number of hydrogen-bond donors (Lipinski definition) is 2. The molecule has 2 rings (SSSR count). The van der Waals surface area contributed by atoms with Gasteiger partial charge in [0, 0.05) is 6.04 Å². The Kier molecular flexibility index (Phi) is 5.38. The second-order valence-electron chi connectivity index (χ2n) is 5.77. The van der Waals surface area contributed by atoms with Crippen LogP contribution in [-0.4, -0.2) is 50.0 Å². The van der Waals surface area contributed by atoms with Crippen molar-refractivity contribution in [3.05, 3.63) is 23.8 Å². The number of carbonyl (C=O) groups is 2. The molecule has 1 saturated carbocycles. The number of amides is 2. The van der Waals surface area contributed by atoms with Crippen LogP contribution in [0.25, 0.3) is 0 Å². The van der Waals surface area contributed by atoms with Crippen molar-refractivity contribution in [3.63, 3.8) is 0 Å². The van der Waals surface area contributed by atoms with Crippen molar-refractivity contribution in [2.24, 2.45) is 0 Å². The molecule has 0 aromatic heterocycles. The Morgan fingerprint density at radius 3 is 2.59 bits per heavy atom. The molecule has 2 N–H and O–H groups in total. The van der Waals surface area contributed by atoms with Gasteiger partial charge in [0.05, 0.1) is 25.9 Å². The second kappa shape index (κ2) is 7.26. The number of likely N-dealkylation sites (N-methyl/N-ethyl adjacent to an activating group) is 1. The van der Waals surface area contributed by atoms with Gasteiger partial charge in [-0.3, -0.25) is 14.5 Å². The molecule has 6 nitrogen and oxygen atoms in total. The summed E-state index contributed by atoms with van der Waals surface area (Å²) in [6.45, 7) is 2.31. The number of anilines is 1. The largest absolute Gasteiger partial charge is 0.495 e. The summed E-state index contributed by atoms with van der Waals surface area (Å²) < 4.78 is 5.23. The lowest BCUT2D eigenvalue weighted by molar-refractivity contribution is -0.123. The molecule has 1 aliphatic rings. The Labute approximate surface area is 130 Å². The van der Waals surface area contributed by atoms with E-state index in [0.717, 1.165) is 18.4 Å². The first-order valence-corrected chi connectivity index (χ1v) is 7.40. The Morgan fingerprint density at radius 1 is 1.27 bits per heavy atom. The van der Waals surface area contributed by atoms with Crippen molar-refractivity contribution in [1.29, 1.82) is 0 Å². The minimum atomic E-state index is -0.175. The van der Waals surface area contributed by atoms with E-state index in [-0.39, 0.29) is 24.9 Å². The van der Waals surface area contributed by atoms with E-state index in [1.807, 2.05) is 25.1 Å². The predicted molar refractivity (Wildman–Crippen MR) is 85.0 cm³/mol. The predicted octanol–water partition coefficient (Wildman–Crippen LogP) is 1.15. The number of hydrogen-bond acceptors (Lipinski definition) is 4. The molecule has 1 aromatic carbocycles. The fourth-order valence-corrected chi connectivity index (χ4v) is 2.16. The lowest BCUT2D eigenvalue weighted by Crippen LogP contribution is -2.39. The van der Waals surface area contributed by atoms with Crippen LogP contribution in [0.15, 0.2) is 18.2 Å². The summed E-state index contributed by atoms with van der Waals surface area (Å²) in [5.41, 5.74) is 1.68. The molecular formula is C16H23N3O3. The van der Waals surface area contributed by atoms with E-state index in [1.54, 1.807) is 19.1 Å². The molecule has 120 valence electrons. The van der Waals surface area contributed by atoms with Crippen molar-refractivity contribution >= 4 is 17.5 Å². The highest BCUT2D eigenvalue weighted by Crippen LogP contribution is 2.25. The molecule has 22 heavy (non-hydrogen) atoms.